The van der Waals surface area contributed by atoms with Gasteiger partial charge in [-0.1, -0.05) is 0 Å². The van der Waals surface area contributed by atoms with Crippen molar-refractivity contribution < 1.29 is 71.5 Å². The minimum Gasteiger partial charge on any atom is -1.00 e. The van der Waals surface area contributed by atoms with E-state index >= 15 is 0 Å². The van der Waals surface area contributed by atoms with Gasteiger partial charge in [-0.2, -0.15) is 24.3 Å². The van der Waals surface area contributed by atoms with E-state index in [1.54, 1.807) is 46.7 Å². The largest absolute Gasteiger partial charge is 1.00 e. The first-order valence-electron chi connectivity index (χ1n) is 9.37. The Morgan fingerprint density at radius 1 is 0.500 bits per heavy atom. The van der Waals surface area contributed by atoms with Gasteiger partial charge in [-0.25, -0.2) is 48.6 Å². The fourth-order valence-corrected chi connectivity index (χ4v) is 1.36. The van der Waals surface area contributed by atoms with Crippen molar-refractivity contribution in [3.8, 4) is 0 Å². The number of rotatable bonds is 0. The minimum atomic E-state index is 0. The molecule has 0 bridgehead atoms. The summed E-state index contributed by atoms with van der Waals surface area (Å²) in [6, 6.07) is 0. The second-order valence-electron chi connectivity index (χ2n) is 6.01. The summed E-state index contributed by atoms with van der Waals surface area (Å²) in [6.45, 7) is 9.23. The Balaban J connectivity index is -0.000000134. The molecule has 0 heterocycles. The van der Waals surface area contributed by atoms with Crippen LogP contribution in [-0.2, 0) is 46.7 Å². The molecule has 4 aliphatic carbocycles. The van der Waals surface area contributed by atoms with E-state index in [4.69, 9.17) is 0 Å². The molecule has 0 saturated carbocycles. The molecule has 0 aromatic carbocycles. The van der Waals surface area contributed by atoms with E-state index in [1.807, 2.05) is 48.6 Å². The Labute approximate surface area is 229 Å². The van der Waals surface area contributed by atoms with E-state index in [9.17, 15) is 0 Å². The summed E-state index contributed by atoms with van der Waals surface area (Å²) < 4.78 is 0. The molecule has 0 spiro atoms. The van der Waals surface area contributed by atoms with Crippen molar-refractivity contribution >= 4 is 10.9 Å². The van der Waals surface area contributed by atoms with E-state index in [0.29, 0.717) is 0 Å². The van der Waals surface area contributed by atoms with Crippen molar-refractivity contribution in [3.63, 3.8) is 0 Å². The molecule has 0 nitrogen and oxygen atoms in total. The first-order valence-corrected chi connectivity index (χ1v) is 21.7. The van der Waals surface area contributed by atoms with Gasteiger partial charge in [0.1, 0.15) is 0 Å². The summed E-state index contributed by atoms with van der Waals surface area (Å²) in [7, 11) is 0. The number of hydrogen-bond donors (Lipinski definition) is 0. The molecule has 160 valence electrons. The summed E-state index contributed by atoms with van der Waals surface area (Å²) in [6.07, 6.45) is 40.0. The molecule has 30 heavy (non-hydrogen) atoms. The third-order valence-electron chi connectivity index (χ3n) is 2.34. The Hall–Kier alpha value is 0.700. The van der Waals surface area contributed by atoms with Crippen LogP contribution in [0.2, 0.25) is 26.2 Å². The number of hydrogen-bond acceptors (Lipinski definition) is 0. The Morgan fingerprint density at radius 3 is 0.700 bits per heavy atom. The molecule has 0 aromatic rings. The van der Waals surface area contributed by atoms with Crippen LogP contribution in [0.1, 0.15) is 25.7 Å². The van der Waals surface area contributed by atoms with Gasteiger partial charge in [0.2, 0.25) is 0 Å². The second-order valence-corrected chi connectivity index (χ2v) is 24.8. The molecule has 4 rings (SSSR count). The summed E-state index contributed by atoms with van der Waals surface area (Å²) in [5.74, 6) is 0. The molecule has 0 unspecified atom stereocenters. The molecule has 6 heteroatoms. The maximum atomic E-state index is 2.99. The van der Waals surface area contributed by atoms with Crippen molar-refractivity contribution in [3.05, 3.63) is 97.2 Å². The van der Waals surface area contributed by atoms with E-state index in [-0.39, 0.29) is 35.7 Å². The van der Waals surface area contributed by atoms with Crippen LogP contribution in [0.15, 0.2) is 72.9 Å². The SMILES string of the molecule is C[Si](C)=[Zr+2].C[Si](C)=[Zr+2].[C-]1=CC=CC1.[C-]1=CC=CC1.[C-]1=CC=CC1.[C-]1=CC=CC1.[Cl-].[Cl-]. The van der Waals surface area contributed by atoms with Gasteiger partial charge in [-0.3, -0.25) is 24.3 Å². The Kier molecular flexibility index (Phi) is 43.5. The topological polar surface area (TPSA) is 0 Å². The van der Waals surface area contributed by atoms with Gasteiger partial charge in [-0.15, -0.1) is 25.7 Å². The predicted molar refractivity (Wildman–Crippen MR) is 121 cm³/mol. The van der Waals surface area contributed by atoms with Crippen LogP contribution >= 0.6 is 0 Å². The monoisotopic (exact) mass is 626 g/mol. The zero-order chi connectivity index (χ0) is 21.3. The van der Waals surface area contributed by atoms with Crippen molar-refractivity contribution in [2.75, 3.05) is 0 Å². The fraction of sp³-hybridized carbons (Fsp3) is 0.333. The molecule has 0 aromatic heterocycles. The third-order valence-corrected chi connectivity index (χ3v) is 2.34. The predicted octanol–water partition coefficient (Wildman–Crippen LogP) is 0.799. The van der Waals surface area contributed by atoms with Gasteiger partial charge in [0.05, 0.1) is 0 Å². The molecule has 0 N–H and O–H groups in total. The van der Waals surface area contributed by atoms with Crippen LogP contribution in [0.25, 0.3) is 0 Å². The van der Waals surface area contributed by atoms with E-state index in [2.05, 4.69) is 74.8 Å². The zero-order valence-electron chi connectivity index (χ0n) is 18.5. The quantitative estimate of drug-likeness (QED) is 0.275. The molecular weight excluding hydrogens is 598 g/mol. The van der Waals surface area contributed by atoms with Crippen LogP contribution < -0.4 is 24.8 Å². The van der Waals surface area contributed by atoms with Crippen LogP contribution in [0.3, 0.4) is 0 Å². The van der Waals surface area contributed by atoms with Crippen molar-refractivity contribution in [1.29, 1.82) is 0 Å². The van der Waals surface area contributed by atoms with Crippen LogP contribution in [0, 0.1) is 24.3 Å². The second kappa shape index (κ2) is 34.3. The molecule has 0 atom stereocenters. The van der Waals surface area contributed by atoms with Gasteiger partial charge in [-0.05, 0) is 0 Å². The molecular formula is C24H32Cl2Si2Zr2-2. The normalized spacial score (nSPS) is 13.6. The molecule has 0 saturated heterocycles. The minimum absolute atomic E-state index is 0. The maximum Gasteiger partial charge on any atom is -0.109 e. The molecule has 4 aliphatic rings. The number of halogens is 2. The molecule has 0 amide bonds. The Bertz CT molecular complexity index is 494. The van der Waals surface area contributed by atoms with Gasteiger partial charge >= 0.3 is 83.7 Å². The van der Waals surface area contributed by atoms with Gasteiger partial charge in [0, 0.05) is 0 Å². The average Bonchev–Trinajstić information content (AvgIpc) is 3.52. The summed E-state index contributed by atoms with van der Waals surface area (Å²) >= 11 is 3.48. The summed E-state index contributed by atoms with van der Waals surface area (Å²) in [5, 5.41) is 0. The molecule has 0 fully saturated rings. The standard InChI is InChI=1S/4C5H5.2C2H6Si.2ClH.2Zr/c4*1-2-4-5-3-1;2*1-3-2;;;;/h4*1-3H,4H2;2*1-2H3;2*1H;;/q4*-1;;;;;2*+2/p-2. The van der Waals surface area contributed by atoms with E-state index in [0.717, 1.165) is 25.7 Å². The van der Waals surface area contributed by atoms with E-state index < -0.39 is 0 Å². The van der Waals surface area contributed by atoms with Gasteiger partial charge in [0.25, 0.3) is 0 Å². The van der Waals surface area contributed by atoms with Gasteiger partial charge in [0.15, 0.2) is 0 Å². The zero-order valence-corrected chi connectivity index (χ0v) is 26.9. The molecule has 0 aliphatic heterocycles. The Morgan fingerprint density at radius 2 is 0.667 bits per heavy atom. The summed E-state index contributed by atoms with van der Waals surface area (Å²) in [5.41, 5.74) is 0.421. The first kappa shape index (κ1) is 38.0. The van der Waals surface area contributed by atoms with Gasteiger partial charge < -0.3 is 24.8 Å². The van der Waals surface area contributed by atoms with Crippen LogP contribution in [0.5, 0.6) is 0 Å². The fourth-order valence-electron chi connectivity index (χ4n) is 1.36. The van der Waals surface area contributed by atoms with Crippen molar-refractivity contribution in [1.82, 2.24) is 0 Å². The van der Waals surface area contributed by atoms with Crippen LogP contribution in [-0.4, -0.2) is 10.9 Å². The average molecular weight is 630 g/mol. The number of allylic oxidation sites excluding steroid dienone is 16. The van der Waals surface area contributed by atoms with Crippen LogP contribution in [0.4, 0.5) is 0 Å². The smallest absolute Gasteiger partial charge is 0.109 e. The first-order chi connectivity index (χ1) is 13.5. The maximum absolute atomic E-state index is 2.99. The van der Waals surface area contributed by atoms with Crippen molar-refractivity contribution in [2.45, 2.75) is 51.9 Å². The van der Waals surface area contributed by atoms with Crippen molar-refractivity contribution in [2.24, 2.45) is 0 Å². The third kappa shape index (κ3) is 51.4. The van der Waals surface area contributed by atoms with E-state index in [1.165, 1.54) is 0 Å². The molecule has 0 radical (unpaired) electrons. The summed E-state index contributed by atoms with van der Waals surface area (Å²) in [4.78, 5) is 0.